The average molecular weight is 431 g/mol. The summed E-state index contributed by atoms with van der Waals surface area (Å²) in [6.45, 7) is 11.0. The van der Waals surface area contributed by atoms with Crippen LogP contribution in [-0.2, 0) is 0 Å². The molecular formula is C21H33F3N4O2. The molecule has 1 aromatic carbocycles. The number of carbonyl (C=O) groups excluding carboxylic acids is 2. The Hall–Kier alpha value is -2.29. The number of anilines is 1. The van der Waals surface area contributed by atoms with Crippen molar-refractivity contribution in [3.05, 3.63) is 29.3 Å². The van der Waals surface area contributed by atoms with E-state index in [1.165, 1.54) is 12.1 Å². The highest BCUT2D eigenvalue weighted by molar-refractivity contribution is 5.97. The number of hydrogen-bond acceptors (Lipinski definition) is 3. The van der Waals surface area contributed by atoms with Crippen molar-refractivity contribution in [2.75, 3.05) is 31.5 Å². The molecule has 0 aromatic heterocycles. The summed E-state index contributed by atoms with van der Waals surface area (Å²) in [7, 11) is 0. The van der Waals surface area contributed by atoms with E-state index in [1.807, 2.05) is 5.32 Å². The van der Waals surface area contributed by atoms with Crippen LogP contribution in [-0.4, -0.2) is 55.2 Å². The standard InChI is InChI=1S/C21H33F3N4O2/c1-6-28(7-2)17(10-14(3)4)12-25-20(30)27-18-11-16(9-8-15(18)5)19(29)26-13-21(22,23)24/h8-9,11,14,17H,6-7,10,12-13H2,1-5H3,(H,26,29)(H2,25,27,30). The molecule has 1 aromatic rings. The van der Waals surface area contributed by atoms with Crippen LogP contribution in [0.1, 0.15) is 50.0 Å². The minimum absolute atomic E-state index is 0.0426. The Balaban J connectivity index is 2.76. The van der Waals surface area contributed by atoms with Crippen molar-refractivity contribution < 1.29 is 22.8 Å². The van der Waals surface area contributed by atoms with Gasteiger partial charge in [0.1, 0.15) is 6.54 Å². The summed E-state index contributed by atoms with van der Waals surface area (Å²) in [5.41, 5.74) is 1.11. The van der Waals surface area contributed by atoms with Gasteiger partial charge in [0, 0.05) is 23.8 Å². The molecule has 170 valence electrons. The third kappa shape index (κ3) is 9.02. The van der Waals surface area contributed by atoms with E-state index in [4.69, 9.17) is 0 Å². The summed E-state index contributed by atoms with van der Waals surface area (Å²) in [6.07, 6.45) is -3.55. The van der Waals surface area contributed by atoms with Gasteiger partial charge in [-0.15, -0.1) is 0 Å². The van der Waals surface area contributed by atoms with Crippen LogP contribution in [0.2, 0.25) is 0 Å². The molecule has 3 amide bonds. The zero-order valence-corrected chi connectivity index (χ0v) is 18.3. The molecule has 0 bridgehead atoms. The highest BCUT2D eigenvalue weighted by Gasteiger charge is 2.28. The summed E-state index contributed by atoms with van der Waals surface area (Å²) in [5, 5.41) is 7.38. The van der Waals surface area contributed by atoms with Crippen LogP contribution in [0.4, 0.5) is 23.7 Å². The Labute approximate surface area is 176 Å². The van der Waals surface area contributed by atoms with Crippen LogP contribution < -0.4 is 16.0 Å². The van der Waals surface area contributed by atoms with Gasteiger partial charge in [-0.3, -0.25) is 9.69 Å². The lowest BCUT2D eigenvalue weighted by Crippen LogP contribution is -2.45. The van der Waals surface area contributed by atoms with Crippen LogP contribution in [0.3, 0.4) is 0 Å². The Morgan fingerprint density at radius 2 is 1.73 bits per heavy atom. The molecule has 0 aliphatic heterocycles. The molecule has 1 atom stereocenters. The summed E-state index contributed by atoms with van der Waals surface area (Å²) in [5.74, 6) is -0.371. The molecule has 0 spiro atoms. The van der Waals surface area contributed by atoms with E-state index in [0.717, 1.165) is 19.5 Å². The molecule has 0 aliphatic carbocycles. The minimum atomic E-state index is -4.49. The van der Waals surface area contributed by atoms with E-state index in [2.05, 4.69) is 43.2 Å². The molecule has 0 saturated carbocycles. The maximum absolute atomic E-state index is 12.4. The van der Waals surface area contributed by atoms with Crippen LogP contribution in [0.15, 0.2) is 18.2 Å². The lowest BCUT2D eigenvalue weighted by atomic mass is 10.0. The summed E-state index contributed by atoms with van der Waals surface area (Å²) in [6, 6.07) is 4.15. The number of carbonyl (C=O) groups is 2. The smallest absolute Gasteiger partial charge is 0.343 e. The number of halogens is 3. The number of benzene rings is 1. The van der Waals surface area contributed by atoms with Gasteiger partial charge in [-0.2, -0.15) is 13.2 Å². The lowest BCUT2D eigenvalue weighted by Gasteiger charge is -2.31. The van der Waals surface area contributed by atoms with Crippen LogP contribution in [0, 0.1) is 12.8 Å². The number of hydrogen-bond donors (Lipinski definition) is 3. The molecule has 3 N–H and O–H groups in total. The van der Waals surface area contributed by atoms with Crippen molar-refractivity contribution in [2.24, 2.45) is 5.92 Å². The number of aryl methyl sites for hydroxylation is 1. The monoisotopic (exact) mass is 430 g/mol. The topological polar surface area (TPSA) is 73.5 Å². The van der Waals surface area contributed by atoms with E-state index in [1.54, 1.807) is 13.0 Å². The number of rotatable bonds is 10. The van der Waals surface area contributed by atoms with Gasteiger partial charge < -0.3 is 16.0 Å². The maximum Gasteiger partial charge on any atom is 0.405 e. The number of urea groups is 1. The predicted molar refractivity (Wildman–Crippen MR) is 113 cm³/mol. The van der Waals surface area contributed by atoms with E-state index < -0.39 is 24.7 Å². The van der Waals surface area contributed by atoms with Gasteiger partial charge in [0.15, 0.2) is 0 Å². The highest BCUT2D eigenvalue weighted by Crippen LogP contribution is 2.18. The number of nitrogens with one attached hydrogen (secondary N) is 3. The second-order valence-corrected chi connectivity index (χ2v) is 7.67. The number of likely N-dealkylation sites (N-methyl/N-ethyl adjacent to an activating group) is 1. The maximum atomic E-state index is 12.4. The molecule has 0 saturated heterocycles. The molecule has 30 heavy (non-hydrogen) atoms. The second-order valence-electron chi connectivity index (χ2n) is 7.67. The highest BCUT2D eigenvalue weighted by atomic mass is 19.4. The largest absolute Gasteiger partial charge is 0.405 e. The van der Waals surface area contributed by atoms with Gasteiger partial charge in [0.25, 0.3) is 5.91 Å². The molecule has 1 unspecified atom stereocenters. The molecule has 9 heteroatoms. The lowest BCUT2D eigenvalue weighted by molar-refractivity contribution is -0.123. The SMILES string of the molecule is CCN(CC)C(CNC(=O)Nc1cc(C(=O)NCC(F)(F)F)ccc1C)CC(C)C. The molecular weight excluding hydrogens is 397 g/mol. The van der Waals surface area contributed by atoms with E-state index in [-0.39, 0.29) is 11.6 Å². The van der Waals surface area contributed by atoms with Crippen molar-refractivity contribution in [1.82, 2.24) is 15.5 Å². The van der Waals surface area contributed by atoms with Gasteiger partial charge in [-0.25, -0.2) is 4.79 Å². The second kappa shape index (κ2) is 11.8. The fourth-order valence-corrected chi connectivity index (χ4v) is 3.20. The van der Waals surface area contributed by atoms with Crippen LogP contribution in [0.5, 0.6) is 0 Å². The first-order valence-electron chi connectivity index (χ1n) is 10.2. The molecule has 0 heterocycles. The van der Waals surface area contributed by atoms with Gasteiger partial charge in [0.2, 0.25) is 0 Å². The average Bonchev–Trinajstić information content (AvgIpc) is 2.65. The minimum Gasteiger partial charge on any atom is -0.343 e. The fraction of sp³-hybridized carbons (Fsp3) is 0.619. The first kappa shape index (κ1) is 25.7. The Bertz CT molecular complexity index is 704. The van der Waals surface area contributed by atoms with Gasteiger partial charge in [-0.05, 0) is 50.0 Å². The Morgan fingerprint density at radius 1 is 1.10 bits per heavy atom. The van der Waals surface area contributed by atoms with Crippen molar-refractivity contribution in [1.29, 1.82) is 0 Å². The van der Waals surface area contributed by atoms with E-state index in [9.17, 15) is 22.8 Å². The number of amides is 3. The quantitative estimate of drug-likeness (QED) is 0.522. The summed E-state index contributed by atoms with van der Waals surface area (Å²) >= 11 is 0. The normalized spacial score (nSPS) is 12.7. The van der Waals surface area contributed by atoms with E-state index >= 15 is 0 Å². The third-order valence-corrected chi connectivity index (χ3v) is 4.77. The van der Waals surface area contributed by atoms with Crippen molar-refractivity contribution >= 4 is 17.6 Å². The zero-order valence-electron chi connectivity index (χ0n) is 18.3. The van der Waals surface area contributed by atoms with Crippen molar-refractivity contribution in [3.63, 3.8) is 0 Å². The predicted octanol–water partition coefficient (Wildman–Crippen LogP) is 4.17. The van der Waals surface area contributed by atoms with Crippen molar-refractivity contribution in [3.8, 4) is 0 Å². The molecule has 1 rings (SSSR count). The van der Waals surface area contributed by atoms with Crippen molar-refractivity contribution in [2.45, 2.75) is 53.3 Å². The Morgan fingerprint density at radius 3 is 2.27 bits per heavy atom. The number of nitrogens with zero attached hydrogens (tertiary/aromatic N) is 1. The Kier molecular flexibility index (Phi) is 10.1. The summed E-state index contributed by atoms with van der Waals surface area (Å²) in [4.78, 5) is 26.6. The van der Waals surface area contributed by atoms with Gasteiger partial charge in [-0.1, -0.05) is 33.8 Å². The van der Waals surface area contributed by atoms with Gasteiger partial charge in [0.05, 0.1) is 0 Å². The van der Waals surface area contributed by atoms with Crippen LogP contribution >= 0.6 is 0 Å². The number of alkyl halides is 3. The van der Waals surface area contributed by atoms with Gasteiger partial charge >= 0.3 is 12.2 Å². The molecule has 0 radical (unpaired) electrons. The fourth-order valence-electron chi connectivity index (χ4n) is 3.20. The van der Waals surface area contributed by atoms with E-state index in [0.29, 0.717) is 23.7 Å². The van der Waals surface area contributed by atoms with Crippen LogP contribution in [0.25, 0.3) is 0 Å². The first-order chi connectivity index (χ1) is 14.0. The molecule has 0 fully saturated rings. The third-order valence-electron chi connectivity index (χ3n) is 4.77. The first-order valence-corrected chi connectivity index (χ1v) is 10.2. The molecule has 0 aliphatic rings. The summed E-state index contributed by atoms with van der Waals surface area (Å²) < 4.78 is 36.9. The zero-order chi connectivity index (χ0) is 22.9. The molecule has 6 nitrogen and oxygen atoms in total.